The van der Waals surface area contributed by atoms with E-state index in [0.717, 1.165) is 11.4 Å². The van der Waals surface area contributed by atoms with Crippen molar-refractivity contribution in [3.63, 3.8) is 0 Å². The first-order valence-corrected chi connectivity index (χ1v) is 6.55. The molecule has 1 atom stereocenters. The van der Waals surface area contributed by atoms with Gasteiger partial charge in [-0.25, -0.2) is 9.78 Å². The van der Waals surface area contributed by atoms with Crippen molar-refractivity contribution in [2.24, 2.45) is 0 Å². The average Bonchev–Trinajstić information content (AvgIpc) is 2.31. The monoisotopic (exact) mass is 254 g/mol. The number of thioether (sulfide) groups is 1. The Kier molecular flexibility index (Phi) is 5.28. The first-order chi connectivity index (χ1) is 8.08. The quantitative estimate of drug-likeness (QED) is 0.646. The molecule has 2 N–H and O–H groups in total. The molecule has 1 heterocycles. The van der Waals surface area contributed by atoms with Crippen molar-refractivity contribution in [3.05, 3.63) is 17.8 Å². The lowest BCUT2D eigenvalue weighted by atomic mass is 10.2. The normalized spacial score (nSPS) is 12.2. The number of carbonyl (C=O) groups is 1. The van der Waals surface area contributed by atoms with Crippen LogP contribution in [0.4, 0.5) is 5.69 Å². The molecule has 0 radical (unpaired) electrons. The molecule has 0 aliphatic rings. The van der Waals surface area contributed by atoms with Gasteiger partial charge in [-0.05, 0) is 19.4 Å². The minimum absolute atomic E-state index is 0.342. The second kappa shape index (κ2) is 6.49. The minimum Gasteiger partial charge on any atom is -0.462 e. The summed E-state index contributed by atoms with van der Waals surface area (Å²) < 4.78 is 4.94. The van der Waals surface area contributed by atoms with Crippen LogP contribution in [0.5, 0.6) is 0 Å². The van der Waals surface area contributed by atoms with Crippen molar-refractivity contribution in [2.45, 2.75) is 37.5 Å². The lowest BCUT2D eigenvalue weighted by Gasteiger charge is -2.10. The van der Waals surface area contributed by atoms with Crippen LogP contribution in [0.15, 0.2) is 17.3 Å². The highest BCUT2D eigenvalue weighted by Gasteiger charge is 2.13. The predicted octanol–water partition coefficient (Wildman–Crippen LogP) is 2.73. The van der Waals surface area contributed by atoms with Gasteiger partial charge < -0.3 is 10.5 Å². The molecule has 0 saturated heterocycles. The van der Waals surface area contributed by atoms with E-state index in [-0.39, 0.29) is 0 Å². The number of carbonyl (C=O) groups excluding carboxylic acids is 1. The molecule has 0 saturated carbocycles. The number of aromatic nitrogens is 1. The number of pyridine rings is 1. The maximum atomic E-state index is 11.6. The molecule has 0 aliphatic carbocycles. The summed E-state index contributed by atoms with van der Waals surface area (Å²) >= 11 is 1.63. The highest BCUT2D eigenvalue weighted by atomic mass is 32.2. The van der Waals surface area contributed by atoms with E-state index in [9.17, 15) is 4.79 Å². The Hall–Kier alpha value is -1.23. The van der Waals surface area contributed by atoms with Crippen LogP contribution >= 0.6 is 11.8 Å². The fourth-order valence-electron chi connectivity index (χ4n) is 1.19. The van der Waals surface area contributed by atoms with E-state index >= 15 is 0 Å². The third-order valence-corrected chi connectivity index (χ3v) is 3.50. The Balaban J connectivity index is 2.90. The van der Waals surface area contributed by atoms with Crippen LogP contribution in [0.25, 0.3) is 0 Å². The molecule has 1 aromatic rings. The zero-order valence-corrected chi connectivity index (χ0v) is 11.2. The number of hydrogen-bond acceptors (Lipinski definition) is 5. The first kappa shape index (κ1) is 13.8. The summed E-state index contributed by atoms with van der Waals surface area (Å²) in [6.45, 7) is 6.34. The number of ether oxygens (including phenoxy) is 1. The SMILES string of the molecule is CCOC(=O)c1cc(SC(C)CC)ncc1N. The van der Waals surface area contributed by atoms with Crippen molar-refractivity contribution < 1.29 is 9.53 Å². The topological polar surface area (TPSA) is 65.2 Å². The Morgan fingerprint density at radius 2 is 2.29 bits per heavy atom. The van der Waals surface area contributed by atoms with Crippen LogP contribution in [-0.4, -0.2) is 22.8 Å². The molecular weight excluding hydrogens is 236 g/mol. The second-order valence-corrected chi connectivity index (χ2v) is 5.13. The number of nitrogens with zero attached hydrogens (tertiary/aromatic N) is 1. The summed E-state index contributed by atoms with van der Waals surface area (Å²) in [6.07, 6.45) is 2.56. The average molecular weight is 254 g/mol. The van der Waals surface area contributed by atoms with Crippen LogP contribution in [0.2, 0.25) is 0 Å². The van der Waals surface area contributed by atoms with Crippen LogP contribution in [0.3, 0.4) is 0 Å². The second-order valence-electron chi connectivity index (χ2n) is 3.67. The van der Waals surface area contributed by atoms with E-state index in [1.165, 1.54) is 6.20 Å². The fraction of sp³-hybridized carbons (Fsp3) is 0.500. The molecule has 94 valence electrons. The van der Waals surface area contributed by atoms with Gasteiger partial charge in [0.15, 0.2) is 0 Å². The molecule has 1 rings (SSSR count). The maximum absolute atomic E-state index is 11.6. The Labute approximate surface area is 106 Å². The van der Waals surface area contributed by atoms with Gasteiger partial charge in [-0.3, -0.25) is 0 Å². The molecule has 0 aliphatic heterocycles. The minimum atomic E-state index is -0.390. The zero-order chi connectivity index (χ0) is 12.8. The highest BCUT2D eigenvalue weighted by molar-refractivity contribution is 7.99. The maximum Gasteiger partial charge on any atom is 0.340 e. The largest absolute Gasteiger partial charge is 0.462 e. The van der Waals surface area contributed by atoms with Crippen LogP contribution in [0.1, 0.15) is 37.6 Å². The van der Waals surface area contributed by atoms with Crippen molar-refractivity contribution in [1.82, 2.24) is 4.98 Å². The fourth-order valence-corrected chi connectivity index (χ4v) is 2.06. The van der Waals surface area contributed by atoms with Gasteiger partial charge in [0.2, 0.25) is 0 Å². The smallest absolute Gasteiger partial charge is 0.340 e. The summed E-state index contributed by atoms with van der Waals surface area (Å²) in [5.41, 5.74) is 6.47. The molecule has 1 aromatic heterocycles. The molecule has 5 heteroatoms. The third-order valence-electron chi connectivity index (χ3n) is 2.30. The van der Waals surface area contributed by atoms with Gasteiger partial charge in [0, 0.05) is 5.25 Å². The number of anilines is 1. The number of hydrogen-bond donors (Lipinski definition) is 1. The highest BCUT2D eigenvalue weighted by Crippen LogP contribution is 2.25. The number of esters is 1. The molecule has 0 amide bonds. The van der Waals surface area contributed by atoms with Crippen molar-refractivity contribution in [3.8, 4) is 0 Å². The van der Waals surface area contributed by atoms with Crippen LogP contribution < -0.4 is 5.73 Å². The number of rotatable bonds is 5. The van der Waals surface area contributed by atoms with Crippen molar-refractivity contribution in [1.29, 1.82) is 0 Å². The zero-order valence-electron chi connectivity index (χ0n) is 10.4. The Morgan fingerprint density at radius 3 is 2.88 bits per heavy atom. The molecule has 17 heavy (non-hydrogen) atoms. The molecular formula is C12H18N2O2S. The number of nitrogens with two attached hydrogens (primary N) is 1. The standard InChI is InChI=1S/C12H18N2O2S/c1-4-8(3)17-11-6-9(10(13)7-14-11)12(15)16-5-2/h6-8H,4-5,13H2,1-3H3. The van der Waals surface area contributed by atoms with Gasteiger partial charge >= 0.3 is 5.97 Å². The van der Waals surface area contributed by atoms with Crippen molar-refractivity contribution in [2.75, 3.05) is 12.3 Å². The van der Waals surface area contributed by atoms with E-state index in [0.29, 0.717) is 23.1 Å². The lowest BCUT2D eigenvalue weighted by molar-refractivity contribution is 0.0527. The summed E-state index contributed by atoms with van der Waals surface area (Å²) in [6, 6.07) is 1.70. The van der Waals surface area contributed by atoms with Crippen LogP contribution in [-0.2, 0) is 4.74 Å². The van der Waals surface area contributed by atoms with E-state index in [1.807, 2.05) is 0 Å². The summed E-state index contributed by atoms with van der Waals surface area (Å²) in [5.74, 6) is -0.390. The van der Waals surface area contributed by atoms with Gasteiger partial charge in [-0.15, -0.1) is 11.8 Å². The van der Waals surface area contributed by atoms with Gasteiger partial charge in [-0.1, -0.05) is 13.8 Å². The van der Waals surface area contributed by atoms with E-state index < -0.39 is 5.97 Å². The van der Waals surface area contributed by atoms with Gasteiger partial charge in [0.05, 0.1) is 29.1 Å². The Bertz CT molecular complexity index is 396. The molecule has 0 spiro atoms. The lowest BCUT2D eigenvalue weighted by Crippen LogP contribution is -2.09. The van der Waals surface area contributed by atoms with Gasteiger partial charge in [0.25, 0.3) is 0 Å². The summed E-state index contributed by atoms with van der Waals surface area (Å²) in [4.78, 5) is 15.8. The van der Waals surface area contributed by atoms with E-state index in [2.05, 4.69) is 18.8 Å². The molecule has 4 nitrogen and oxygen atoms in total. The first-order valence-electron chi connectivity index (χ1n) is 5.67. The van der Waals surface area contributed by atoms with E-state index in [4.69, 9.17) is 10.5 Å². The van der Waals surface area contributed by atoms with E-state index in [1.54, 1.807) is 24.8 Å². The molecule has 1 unspecified atom stereocenters. The molecule has 0 fully saturated rings. The molecule has 0 bridgehead atoms. The van der Waals surface area contributed by atoms with Gasteiger partial charge in [-0.2, -0.15) is 0 Å². The molecule has 0 aromatic carbocycles. The predicted molar refractivity (Wildman–Crippen MR) is 70.2 cm³/mol. The summed E-state index contributed by atoms with van der Waals surface area (Å²) in [5, 5.41) is 1.26. The summed E-state index contributed by atoms with van der Waals surface area (Å²) in [7, 11) is 0. The Morgan fingerprint density at radius 1 is 1.59 bits per heavy atom. The third kappa shape index (κ3) is 3.93. The van der Waals surface area contributed by atoms with Gasteiger partial charge in [0.1, 0.15) is 0 Å². The number of nitrogen functional groups attached to an aromatic ring is 1. The van der Waals surface area contributed by atoms with Crippen molar-refractivity contribution >= 4 is 23.4 Å². The van der Waals surface area contributed by atoms with Crippen LogP contribution in [0, 0.1) is 0 Å².